The van der Waals surface area contributed by atoms with E-state index >= 15 is 0 Å². The Morgan fingerprint density at radius 1 is 1.17 bits per heavy atom. The highest BCUT2D eigenvalue weighted by molar-refractivity contribution is 6.40. The molecule has 2 heterocycles. The molecule has 2 N–H and O–H groups in total. The molecule has 0 radical (unpaired) electrons. The van der Waals surface area contributed by atoms with E-state index in [2.05, 4.69) is 21.8 Å². The lowest BCUT2D eigenvalue weighted by Gasteiger charge is -2.49. The maximum Gasteiger partial charge on any atom is 0.451 e. The van der Waals surface area contributed by atoms with E-state index in [1.54, 1.807) is 20.5 Å². The molecule has 0 atom stereocenters. The molecule has 24 heavy (non-hydrogen) atoms. The van der Waals surface area contributed by atoms with Crippen molar-refractivity contribution in [2.24, 2.45) is 5.41 Å². The van der Waals surface area contributed by atoms with Gasteiger partial charge in [0, 0.05) is 30.0 Å². The van der Waals surface area contributed by atoms with Crippen LogP contribution in [-0.2, 0) is 0 Å². The lowest BCUT2D eigenvalue weighted by atomic mass is 9.71. The highest BCUT2D eigenvalue weighted by Crippen LogP contribution is 2.41. The third-order valence-corrected chi connectivity index (χ3v) is 4.57. The third-order valence-electron chi connectivity index (χ3n) is 4.57. The Kier molecular flexibility index (Phi) is 4.51. The zero-order valence-electron chi connectivity index (χ0n) is 14.2. The SMILES string of the molecule is COc1cc2ncnc(N3CC(C)(CCB(O)O)C3)c2cc1OC. The number of anilines is 1. The van der Waals surface area contributed by atoms with Gasteiger partial charge in [-0.25, -0.2) is 9.97 Å². The van der Waals surface area contributed by atoms with Crippen molar-refractivity contribution in [3.8, 4) is 11.5 Å². The molecular weight excluding hydrogens is 309 g/mol. The first-order valence-electron chi connectivity index (χ1n) is 7.93. The van der Waals surface area contributed by atoms with Crippen molar-refractivity contribution < 1.29 is 19.5 Å². The minimum atomic E-state index is -1.24. The Labute approximate surface area is 141 Å². The lowest BCUT2D eigenvalue weighted by molar-refractivity contribution is 0.226. The largest absolute Gasteiger partial charge is 0.493 e. The van der Waals surface area contributed by atoms with Crippen molar-refractivity contribution in [3.63, 3.8) is 0 Å². The summed E-state index contributed by atoms with van der Waals surface area (Å²) in [5.41, 5.74) is 0.870. The van der Waals surface area contributed by atoms with E-state index < -0.39 is 7.12 Å². The van der Waals surface area contributed by atoms with Crippen molar-refractivity contribution in [2.45, 2.75) is 19.7 Å². The second-order valence-corrected chi connectivity index (χ2v) is 6.61. The van der Waals surface area contributed by atoms with E-state index in [0.29, 0.717) is 17.8 Å². The van der Waals surface area contributed by atoms with Gasteiger partial charge in [-0.2, -0.15) is 0 Å². The molecule has 1 saturated heterocycles. The Morgan fingerprint density at radius 3 is 2.46 bits per heavy atom. The summed E-state index contributed by atoms with van der Waals surface area (Å²) in [6.07, 6.45) is 2.71. The van der Waals surface area contributed by atoms with Crippen molar-refractivity contribution in [3.05, 3.63) is 18.5 Å². The second-order valence-electron chi connectivity index (χ2n) is 6.61. The standard InChI is InChI=1S/C16H22BN3O4/c1-16(4-5-17(21)22)8-20(9-16)15-11-6-13(23-2)14(24-3)7-12(11)18-10-19-15/h6-7,10,21-22H,4-5,8-9H2,1-3H3. The van der Waals surface area contributed by atoms with E-state index in [-0.39, 0.29) is 5.41 Å². The number of hydrogen-bond donors (Lipinski definition) is 2. The predicted octanol–water partition coefficient (Wildman–Crippen LogP) is 1.34. The fourth-order valence-electron chi connectivity index (χ4n) is 3.28. The smallest absolute Gasteiger partial charge is 0.451 e. The molecule has 0 amide bonds. The maximum absolute atomic E-state index is 9.06. The first kappa shape index (κ1) is 16.8. The monoisotopic (exact) mass is 331 g/mol. The molecular formula is C16H22BN3O4. The van der Waals surface area contributed by atoms with Crippen LogP contribution in [0.3, 0.4) is 0 Å². The second kappa shape index (κ2) is 6.45. The van der Waals surface area contributed by atoms with Crippen LogP contribution in [0.15, 0.2) is 18.5 Å². The molecule has 1 fully saturated rings. The summed E-state index contributed by atoms with van der Waals surface area (Å²) in [7, 11) is 1.96. The van der Waals surface area contributed by atoms with E-state index in [4.69, 9.17) is 19.5 Å². The topological polar surface area (TPSA) is 87.9 Å². The summed E-state index contributed by atoms with van der Waals surface area (Å²) in [5.74, 6) is 2.15. The van der Waals surface area contributed by atoms with E-state index in [1.807, 2.05) is 12.1 Å². The van der Waals surface area contributed by atoms with Crippen LogP contribution in [0.25, 0.3) is 10.9 Å². The van der Waals surface area contributed by atoms with Crippen LogP contribution < -0.4 is 14.4 Å². The van der Waals surface area contributed by atoms with Crippen LogP contribution in [0, 0.1) is 5.41 Å². The van der Waals surface area contributed by atoms with Gasteiger partial charge in [0.1, 0.15) is 12.1 Å². The molecule has 128 valence electrons. The first-order valence-corrected chi connectivity index (χ1v) is 7.93. The summed E-state index contributed by atoms with van der Waals surface area (Å²) < 4.78 is 10.7. The van der Waals surface area contributed by atoms with Crippen molar-refractivity contribution in [2.75, 3.05) is 32.2 Å². The summed E-state index contributed by atoms with van der Waals surface area (Å²) in [6.45, 7) is 3.79. The molecule has 1 aliphatic heterocycles. The van der Waals surface area contributed by atoms with Crippen molar-refractivity contribution in [1.29, 1.82) is 0 Å². The zero-order chi connectivity index (χ0) is 17.3. The first-order chi connectivity index (χ1) is 11.5. The average Bonchev–Trinajstić information content (AvgIpc) is 2.55. The molecule has 1 aliphatic rings. The van der Waals surface area contributed by atoms with E-state index in [9.17, 15) is 0 Å². The molecule has 2 aromatic rings. The number of fused-ring (bicyclic) bond motifs is 1. The van der Waals surface area contributed by atoms with Gasteiger partial charge in [-0.15, -0.1) is 0 Å². The van der Waals surface area contributed by atoms with Crippen LogP contribution in [0.2, 0.25) is 6.32 Å². The summed E-state index contributed by atoms with van der Waals surface area (Å²) in [6, 6.07) is 3.75. The van der Waals surface area contributed by atoms with Crippen molar-refractivity contribution in [1.82, 2.24) is 9.97 Å². The van der Waals surface area contributed by atoms with Gasteiger partial charge in [-0.05, 0) is 18.8 Å². The zero-order valence-corrected chi connectivity index (χ0v) is 14.2. The normalized spacial score (nSPS) is 16.0. The van der Waals surface area contributed by atoms with E-state index in [1.165, 1.54) is 0 Å². The molecule has 8 heteroatoms. The predicted molar refractivity (Wildman–Crippen MR) is 92.6 cm³/mol. The Morgan fingerprint density at radius 2 is 1.83 bits per heavy atom. The quantitative estimate of drug-likeness (QED) is 0.772. The lowest BCUT2D eigenvalue weighted by Crippen LogP contribution is -2.55. The highest BCUT2D eigenvalue weighted by atomic mass is 16.5. The van der Waals surface area contributed by atoms with Gasteiger partial charge >= 0.3 is 7.12 Å². The Hall–Kier alpha value is -2.06. The van der Waals surface area contributed by atoms with Gasteiger partial charge in [0.25, 0.3) is 0 Å². The fourth-order valence-corrected chi connectivity index (χ4v) is 3.28. The van der Waals surface area contributed by atoms with Gasteiger partial charge < -0.3 is 24.4 Å². The van der Waals surface area contributed by atoms with Crippen LogP contribution in [0.4, 0.5) is 5.82 Å². The summed E-state index contributed by atoms with van der Waals surface area (Å²) in [4.78, 5) is 10.9. The highest BCUT2D eigenvalue weighted by Gasteiger charge is 2.40. The summed E-state index contributed by atoms with van der Waals surface area (Å²) >= 11 is 0. The van der Waals surface area contributed by atoms with E-state index in [0.717, 1.165) is 36.2 Å². The van der Waals surface area contributed by atoms with Gasteiger partial charge in [-0.1, -0.05) is 6.92 Å². The third kappa shape index (κ3) is 3.11. The number of aromatic nitrogens is 2. The van der Waals surface area contributed by atoms with Gasteiger partial charge in [-0.3, -0.25) is 0 Å². The number of ether oxygens (including phenoxy) is 2. The Balaban J connectivity index is 1.86. The number of methoxy groups -OCH3 is 2. The minimum absolute atomic E-state index is 0.0670. The average molecular weight is 331 g/mol. The molecule has 0 spiro atoms. The fraction of sp³-hybridized carbons (Fsp3) is 0.500. The van der Waals surface area contributed by atoms with Crippen LogP contribution in [0.1, 0.15) is 13.3 Å². The number of benzene rings is 1. The number of rotatable bonds is 6. The molecule has 3 rings (SSSR count). The molecule has 0 unspecified atom stereocenters. The van der Waals surface area contributed by atoms with Gasteiger partial charge in [0.05, 0.1) is 19.7 Å². The minimum Gasteiger partial charge on any atom is -0.493 e. The van der Waals surface area contributed by atoms with Crippen LogP contribution in [0.5, 0.6) is 11.5 Å². The number of hydrogen-bond acceptors (Lipinski definition) is 7. The van der Waals surface area contributed by atoms with Crippen molar-refractivity contribution >= 4 is 23.8 Å². The Bertz CT molecular complexity index is 735. The van der Waals surface area contributed by atoms with Crippen LogP contribution in [-0.4, -0.2) is 54.4 Å². The molecule has 0 aliphatic carbocycles. The molecule has 7 nitrogen and oxygen atoms in total. The number of nitrogens with zero attached hydrogens (tertiary/aromatic N) is 3. The van der Waals surface area contributed by atoms with Gasteiger partial charge in [0.2, 0.25) is 0 Å². The molecule has 1 aromatic heterocycles. The molecule has 0 saturated carbocycles. The molecule has 1 aromatic carbocycles. The summed E-state index contributed by atoms with van der Waals surface area (Å²) in [5, 5.41) is 19.0. The van der Waals surface area contributed by atoms with Crippen LogP contribution >= 0.6 is 0 Å². The van der Waals surface area contributed by atoms with Gasteiger partial charge in [0.15, 0.2) is 11.5 Å². The maximum atomic E-state index is 9.06. The molecule has 0 bridgehead atoms.